The van der Waals surface area contributed by atoms with Crippen molar-refractivity contribution in [3.05, 3.63) is 11.6 Å². The van der Waals surface area contributed by atoms with Crippen molar-refractivity contribution in [3.8, 4) is 0 Å². The van der Waals surface area contributed by atoms with E-state index < -0.39 is 19.9 Å². The van der Waals surface area contributed by atoms with E-state index in [1.807, 2.05) is 0 Å². The second-order valence-corrected chi connectivity index (χ2v) is 9.80. The van der Waals surface area contributed by atoms with Gasteiger partial charge >= 0.3 is 0 Å². The average Bonchev–Trinajstić information content (AvgIpc) is 2.85. The lowest BCUT2D eigenvalue weighted by molar-refractivity contribution is 0.432. The van der Waals surface area contributed by atoms with E-state index in [9.17, 15) is 16.8 Å². The first-order valence-corrected chi connectivity index (χ1v) is 10.4. The molecule has 1 saturated heterocycles. The summed E-state index contributed by atoms with van der Waals surface area (Å²) in [5.74, 6) is -0.221. The van der Waals surface area contributed by atoms with E-state index >= 15 is 0 Å². The number of hydrogen-bond donors (Lipinski definition) is 1. The van der Waals surface area contributed by atoms with Crippen LogP contribution in [-0.2, 0) is 19.9 Å². The molecule has 1 fully saturated rings. The van der Waals surface area contributed by atoms with Crippen LogP contribution >= 0.6 is 11.3 Å². The van der Waals surface area contributed by atoms with Crippen LogP contribution in [0.25, 0.3) is 4.96 Å². The molecular weight excluding hydrogens is 336 g/mol. The third kappa shape index (κ3) is 2.54. The van der Waals surface area contributed by atoms with E-state index in [2.05, 4.69) is 4.98 Å². The maximum absolute atomic E-state index is 12.7. The van der Waals surface area contributed by atoms with Crippen LogP contribution < -0.4 is 5.73 Å². The number of sulfonamides is 1. The first-order chi connectivity index (χ1) is 9.81. The number of anilines is 1. The molecule has 0 radical (unpaired) electrons. The fraction of sp³-hybridized carbons (Fsp3) is 0.500. The smallest absolute Gasteiger partial charge is 0.262 e. The summed E-state index contributed by atoms with van der Waals surface area (Å²) in [5.41, 5.74) is 5.73. The fourth-order valence-electron chi connectivity index (χ4n) is 2.32. The summed E-state index contributed by atoms with van der Waals surface area (Å²) in [6.45, 7) is 0.111. The minimum Gasteiger partial charge on any atom is -0.381 e. The van der Waals surface area contributed by atoms with E-state index in [-0.39, 0.29) is 41.9 Å². The van der Waals surface area contributed by atoms with Crippen molar-refractivity contribution in [3.63, 3.8) is 0 Å². The van der Waals surface area contributed by atoms with Gasteiger partial charge in [0, 0.05) is 24.7 Å². The number of imidazole rings is 1. The minimum absolute atomic E-state index is 0.00870. The number of hydrogen-bond acceptors (Lipinski definition) is 7. The van der Waals surface area contributed by atoms with Crippen molar-refractivity contribution in [1.29, 1.82) is 0 Å². The Kier molecular flexibility index (Phi) is 3.47. The molecule has 0 saturated carbocycles. The topological polar surface area (TPSA) is 115 Å². The Morgan fingerprint density at radius 1 is 1.29 bits per heavy atom. The molecule has 11 heteroatoms. The van der Waals surface area contributed by atoms with Crippen LogP contribution in [0.3, 0.4) is 0 Å². The van der Waals surface area contributed by atoms with E-state index in [1.165, 1.54) is 20.0 Å². The lowest BCUT2D eigenvalue weighted by Gasteiger charge is -2.18. The van der Waals surface area contributed by atoms with Crippen LogP contribution in [0.4, 0.5) is 5.82 Å². The Balaban J connectivity index is 2.04. The number of nitrogen functional groups attached to an aromatic ring is 1. The molecule has 2 aromatic heterocycles. The normalized spacial score (nSPS) is 20.6. The highest BCUT2D eigenvalue weighted by atomic mass is 32.2. The molecule has 2 N–H and O–H groups in total. The average molecular weight is 350 g/mol. The van der Waals surface area contributed by atoms with Gasteiger partial charge < -0.3 is 5.73 Å². The Hall–Kier alpha value is -1.17. The number of fused-ring (bicyclic) bond motifs is 1. The van der Waals surface area contributed by atoms with Gasteiger partial charge in [0.25, 0.3) is 10.0 Å². The van der Waals surface area contributed by atoms with Crippen molar-refractivity contribution < 1.29 is 16.8 Å². The Morgan fingerprint density at radius 2 is 2.05 bits per heavy atom. The molecule has 3 rings (SSSR count). The summed E-state index contributed by atoms with van der Waals surface area (Å²) in [6, 6.07) is 0. The van der Waals surface area contributed by atoms with Crippen LogP contribution in [0.15, 0.2) is 16.6 Å². The van der Waals surface area contributed by atoms with E-state index in [0.29, 0.717) is 4.96 Å². The third-order valence-corrected chi connectivity index (χ3v) is 7.75. The molecule has 0 bridgehead atoms. The fourth-order valence-corrected chi connectivity index (χ4v) is 6.13. The molecule has 2 aromatic rings. The van der Waals surface area contributed by atoms with Crippen LogP contribution in [-0.4, -0.2) is 55.1 Å². The van der Waals surface area contributed by atoms with Crippen LogP contribution in [0.2, 0.25) is 0 Å². The highest BCUT2D eigenvalue weighted by molar-refractivity contribution is 7.91. The molecule has 0 spiro atoms. The van der Waals surface area contributed by atoms with Gasteiger partial charge in [-0.15, -0.1) is 11.3 Å². The van der Waals surface area contributed by atoms with Crippen LogP contribution in [0.1, 0.15) is 6.42 Å². The molecule has 0 aliphatic carbocycles. The van der Waals surface area contributed by atoms with Crippen molar-refractivity contribution >= 4 is 42.0 Å². The van der Waals surface area contributed by atoms with Gasteiger partial charge in [-0.3, -0.25) is 4.40 Å². The zero-order valence-electron chi connectivity index (χ0n) is 11.0. The van der Waals surface area contributed by atoms with Gasteiger partial charge in [-0.25, -0.2) is 21.8 Å². The highest BCUT2D eigenvalue weighted by Gasteiger charge is 2.33. The van der Waals surface area contributed by atoms with Crippen LogP contribution in [0, 0.1) is 0 Å². The molecule has 21 heavy (non-hydrogen) atoms. The lowest BCUT2D eigenvalue weighted by Crippen LogP contribution is -2.34. The molecule has 0 amide bonds. The SMILES string of the molecule is Nc1nc2sccn2c1S(=O)(=O)N1CCCS(=O)(=O)CC1. The molecule has 1 aliphatic rings. The van der Waals surface area contributed by atoms with Crippen molar-refractivity contribution in [2.75, 3.05) is 30.3 Å². The largest absolute Gasteiger partial charge is 0.381 e. The quantitative estimate of drug-likeness (QED) is 0.801. The molecule has 116 valence electrons. The molecule has 0 aromatic carbocycles. The third-order valence-electron chi connectivity index (χ3n) is 3.34. The number of thiazole rings is 1. The first kappa shape index (κ1) is 14.8. The minimum atomic E-state index is -3.87. The Labute approximate surface area is 126 Å². The predicted octanol–water partition coefficient (Wildman–Crippen LogP) is -0.213. The standard InChI is InChI=1S/C10H14N4O4S3/c11-8-9(14-3-5-19-10(14)12-8)21(17,18)13-2-1-6-20(15,16)7-4-13/h3,5H,1-2,4,6-7,11H2. The van der Waals surface area contributed by atoms with Crippen LogP contribution in [0.5, 0.6) is 0 Å². The lowest BCUT2D eigenvalue weighted by atomic mass is 10.5. The van der Waals surface area contributed by atoms with E-state index in [4.69, 9.17) is 5.73 Å². The monoisotopic (exact) mass is 350 g/mol. The van der Waals surface area contributed by atoms with Gasteiger partial charge in [-0.1, -0.05) is 0 Å². The van der Waals surface area contributed by atoms with Gasteiger partial charge in [0.05, 0.1) is 11.5 Å². The van der Waals surface area contributed by atoms with Gasteiger partial charge in [0.2, 0.25) is 0 Å². The van der Waals surface area contributed by atoms with E-state index in [0.717, 1.165) is 0 Å². The van der Waals surface area contributed by atoms with Gasteiger partial charge in [0.15, 0.2) is 25.6 Å². The molecule has 3 heterocycles. The van der Waals surface area contributed by atoms with Gasteiger partial charge in [-0.2, -0.15) is 4.31 Å². The molecule has 0 atom stereocenters. The van der Waals surface area contributed by atoms with Gasteiger partial charge in [-0.05, 0) is 6.42 Å². The summed E-state index contributed by atoms with van der Waals surface area (Å²) in [6.07, 6.45) is 1.87. The number of sulfone groups is 1. The molecule has 0 unspecified atom stereocenters. The highest BCUT2D eigenvalue weighted by Crippen LogP contribution is 2.27. The van der Waals surface area contributed by atoms with Crippen molar-refractivity contribution in [1.82, 2.24) is 13.7 Å². The number of nitrogens with zero attached hydrogens (tertiary/aromatic N) is 3. The maximum atomic E-state index is 12.7. The van der Waals surface area contributed by atoms with Gasteiger partial charge in [0.1, 0.15) is 0 Å². The summed E-state index contributed by atoms with van der Waals surface area (Å²) in [4.78, 5) is 4.52. The molecule has 1 aliphatic heterocycles. The molecular formula is C10H14N4O4S3. The number of rotatable bonds is 2. The second kappa shape index (κ2) is 4.93. The first-order valence-electron chi connectivity index (χ1n) is 6.23. The van der Waals surface area contributed by atoms with E-state index in [1.54, 1.807) is 11.6 Å². The number of aromatic nitrogens is 2. The summed E-state index contributed by atoms with van der Waals surface area (Å²) < 4.78 is 51.3. The summed E-state index contributed by atoms with van der Waals surface area (Å²) in [5, 5.41) is 1.63. The van der Waals surface area contributed by atoms with Crippen molar-refractivity contribution in [2.24, 2.45) is 0 Å². The zero-order chi connectivity index (χ0) is 15.3. The second-order valence-electron chi connectivity index (χ2n) is 4.77. The Bertz CT molecular complexity index is 881. The number of nitrogens with two attached hydrogens (primary N) is 1. The Morgan fingerprint density at radius 3 is 2.81 bits per heavy atom. The zero-order valence-corrected chi connectivity index (χ0v) is 13.4. The maximum Gasteiger partial charge on any atom is 0.262 e. The molecule has 8 nitrogen and oxygen atoms in total. The summed E-state index contributed by atoms with van der Waals surface area (Å²) in [7, 11) is -7.05. The van der Waals surface area contributed by atoms with Crippen molar-refractivity contribution in [2.45, 2.75) is 11.4 Å². The summed E-state index contributed by atoms with van der Waals surface area (Å²) >= 11 is 1.28. The predicted molar refractivity (Wildman–Crippen MR) is 79.5 cm³/mol.